The van der Waals surface area contributed by atoms with Crippen molar-refractivity contribution in [3.05, 3.63) is 11.8 Å². The van der Waals surface area contributed by atoms with Gasteiger partial charge in [0.25, 0.3) is 0 Å². The van der Waals surface area contributed by atoms with E-state index in [0.717, 1.165) is 23.4 Å². The molecule has 0 atom stereocenters. The maximum Gasteiger partial charge on any atom is 0.211 e. The van der Waals surface area contributed by atoms with Crippen LogP contribution >= 0.6 is 15.9 Å². The van der Waals surface area contributed by atoms with Crippen molar-refractivity contribution in [3.63, 3.8) is 0 Å². The van der Waals surface area contributed by atoms with Crippen LogP contribution in [0, 0.1) is 0 Å². The van der Waals surface area contributed by atoms with Gasteiger partial charge in [-0.25, -0.2) is 4.68 Å². The number of hydrogen-bond donors (Lipinski definition) is 0. The average molecular weight is 219 g/mol. The first-order chi connectivity index (χ1) is 5.31. The first-order valence-corrected chi connectivity index (χ1v) is 4.60. The smallest absolute Gasteiger partial charge is 0.211 e. The van der Waals surface area contributed by atoms with E-state index in [9.17, 15) is 0 Å². The monoisotopic (exact) mass is 218 g/mol. The number of hydrogen-bond acceptors (Lipinski definition) is 2. The van der Waals surface area contributed by atoms with Crippen LogP contribution in [0.5, 0.6) is 5.88 Å². The molecular formula is C7H11BrN2O. The Bertz CT molecular complexity index is 213. The highest BCUT2D eigenvalue weighted by Gasteiger charge is 2.03. The van der Waals surface area contributed by atoms with Gasteiger partial charge >= 0.3 is 0 Å². The second-order valence-corrected chi connectivity index (χ2v) is 2.69. The van der Waals surface area contributed by atoms with Crippen molar-refractivity contribution < 1.29 is 4.74 Å². The van der Waals surface area contributed by atoms with Crippen LogP contribution in [0.1, 0.15) is 12.6 Å². The zero-order chi connectivity index (χ0) is 8.27. The minimum Gasteiger partial charge on any atom is -0.481 e. The summed E-state index contributed by atoms with van der Waals surface area (Å²) in [5.41, 5.74) is 1.00. The van der Waals surface area contributed by atoms with Gasteiger partial charge in [0, 0.05) is 17.9 Å². The van der Waals surface area contributed by atoms with Gasteiger partial charge in [-0.05, 0) is 6.92 Å². The van der Waals surface area contributed by atoms with Crippen molar-refractivity contribution >= 4 is 15.9 Å². The summed E-state index contributed by atoms with van der Waals surface area (Å²) in [6, 6.07) is 1.93. The highest BCUT2D eigenvalue weighted by atomic mass is 79.9. The van der Waals surface area contributed by atoms with Gasteiger partial charge in [-0.2, -0.15) is 5.10 Å². The summed E-state index contributed by atoms with van der Waals surface area (Å²) in [4.78, 5) is 0. The third-order valence-corrected chi connectivity index (χ3v) is 2.01. The molecule has 1 aromatic heterocycles. The fourth-order valence-electron chi connectivity index (χ4n) is 0.906. The van der Waals surface area contributed by atoms with Gasteiger partial charge in [0.1, 0.15) is 0 Å². The number of nitrogens with zero attached hydrogens (tertiary/aromatic N) is 2. The van der Waals surface area contributed by atoms with E-state index in [1.807, 2.05) is 17.7 Å². The van der Waals surface area contributed by atoms with E-state index in [1.165, 1.54) is 0 Å². The molecule has 3 nitrogen and oxygen atoms in total. The Morgan fingerprint density at radius 1 is 1.73 bits per heavy atom. The van der Waals surface area contributed by atoms with Crippen molar-refractivity contribution in [1.29, 1.82) is 0 Å². The molecule has 1 rings (SSSR count). The highest BCUT2D eigenvalue weighted by molar-refractivity contribution is 9.08. The van der Waals surface area contributed by atoms with Crippen molar-refractivity contribution in [2.45, 2.75) is 18.8 Å². The molecule has 0 aromatic carbocycles. The van der Waals surface area contributed by atoms with Crippen molar-refractivity contribution in [2.75, 3.05) is 7.11 Å². The van der Waals surface area contributed by atoms with Crippen LogP contribution in [0.2, 0.25) is 0 Å². The predicted octanol–water partition coefficient (Wildman–Crippen LogP) is 1.81. The van der Waals surface area contributed by atoms with Gasteiger partial charge in [0.15, 0.2) is 0 Å². The van der Waals surface area contributed by atoms with Crippen molar-refractivity contribution in [1.82, 2.24) is 9.78 Å². The van der Waals surface area contributed by atoms with Crippen molar-refractivity contribution in [2.24, 2.45) is 0 Å². The zero-order valence-corrected chi connectivity index (χ0v) is 8.26. The number of rotatable bonds is 3. The van der Waals surface area contributed by atoms with Gasteiger partial charge in [-0.15, -0.1) is 0 Å². The number of halogens is 1. The fraction of sp³-hybridized carbons (Fsp3) is 0.571. The van der Waals surface area contributed by atoms with Crippen LogP contribution in [-0.2, 0) is 11.9 Å². The highest BCUT2D eigenvalue weighted by Crippen LogP contribution is 2.14. The molecule has 1 aromatic rings. The molecule has 1 heterocycles. The Morgan fingerprint density at radius 2 is 2.45 bits per heavy atom. The Hall–Kier alpha value is -0.510. The molecule has 0 bridgehead atoms. The Balaban J connectivity index is 2.92. The molecule has 0 N–H and O–H groups in total. The standard InChI is InChI=1S/C7H11BrN2O/c1-3-10-7(11-2)4-6(5-8)9-10/h4H,3,5H2,1-2H3. The molecule has 0 amide bonds. The predicted molar refractivity (Wildman–Crippen MR) is 47.1 cm³/mol. The molecule has 0 radical (unpaired) electrons. The van der Waals surface area contributed by atoms with Crippen molar-refractivity contribution in [3.8, 4) is 5.88 Å². The second kappa shape index (κ2) is 3.76. The summed E-state index contributed by atoms with van der Waals surface area (Å²) >= 11 is 3.33. The Labute approximate surface area is 74.5 Å². The van der Waals surface area contributed by atoms with Crippen LogP contribution in [-0.4, -0.2) is 16.9 Å². The zero-order valence-electron chi connectivity index (χ0n) is 6.67. The molecule has 0 spiro atoms. The fourth-order valence-corrected chi connectivity index (χ4v) is 1.18. The number of ether oxygens (including phenoxy) is 1. The lowest BCUT2D eigenvalue weighted by atomic mass is 10.5. The van der Waals surface area contributed by atoms with E-state index >= 15 is 0 Å². The largest absolute Gasteiger partial charge is 0.481 e. The second-order valence-electron chi connectivity index (χ2n) is 2.13. The summed E-state index contributed by atoms with van der Waals surface area (Å²) in [5.74, 6) is 0.821. The quantitative estimate of drug-likeness (QED) is 0.725. The van der Waals surface area contributed by atoms with E-state index in [0.29, 0.717) is 0 Å². The summed E-state index contributed by atoms with van der Waals surface area (Å²) in [5, 5.41) is 5.04. The normalized spacial score (nSPS) is 10.1. The lowest BCUT2D eigenvalue weighted by molar-refractivity contribution is 0.364. The summed E-state index contributed by atoms with van der Waals surface area (Å²) < 4.78 is 6.93. The number of aryl methyl sites for hydroxylation is 1. The maximum absolute atomic E-state index is 5.10. The third kappa shape index (κ3) is 1.74. The molecule has 4 heteroatoms. The molecule has 62 valence electrons. The summed E-state index contributed by atoms with van der Waals surface area (Å²) in [7, 11) is 1.65. The average Bonchev–Trinajstić information content (AvgIpc) is 2.46. The van der Waals surface area contributed by atoms with E-state index in [4.69, 9.17) is 4.74 Å². The molecule has 0 saturated carbocycles. The summed E-state index contributed by atoms with van der Waals surface area (Å²) in [6.07, 6.45) is 0. The van der Waals surface area contributed by atoms with Crippen LogP contribution in [0.4, 0.5) is 0 Å². The van der Waals surface area contributed by atoms with E-state index < -0.39 is 0 Å². The third-order valence-electron chi connectivity index (χ3n) is 1.44. The van der Waals surface area contributed by atoms with Gasteiger partial charge in [0.2, 0.25) is 5.88 Å². The minimum absolute atomic E-state index is 0.774. The van der Waals surface area contributed by atoms with E-state index in [-0.39, 0.29) is 0 Å². The van der Waals surface area contributed by atoms with Crippen LogP contribution in [0.15, 0.2) is 6.07 Å². The summed E-state index contributed by atoms with van der Waals surface area (Å²) in [6.45, 7) is 2.88. The molecule has 0 aliphatic rings. The lowest BCUT2D eigenvalue weighted by Crippen LogP contribution is -1.99. The molecule has 11 heavy (non-hydrogen) atoms. The molecule has 0 aliphatic heterocycles. The van der Waals surface area contributed by atoms with Crippen LogP contribution in [0.25, 0.3) is 0 Å². The SMILES string of the molecule is CCn1nc(CBr)cc1OC. The number of alkyl halides is 1. The number of aromatic nitrogens is 2. The molecule has 0 saturated heterocycles. The first-order valence-electron chi connectivity index (χ1n) is 3.48. The number of methoxy groups -OCH3 is 1. The van der Waals surface area contributed by atoms with Gasteiger partial charge in [-0.1, -0.05) is 15.9 Å². The van der Waals surface area contributed by atoms with E-state index in [1.54, 1.807) is 7.11 Å². The molecule has 0 unspecified atom stereocenters. The topological polar surface area (TPSA) is 27.1 Å². The van der Waals surface area contributed by atoms with Crippen LogP contribution in [0.3, 0.4) is 0 Å². The van der Waals surface area contributed by atoms with Gasteiger partial charge < -0.3 is 4.74 Å². The Kier molecular flexibility index (Phi) is 2.93. The molecule has 0 fully saturated rings. The van der Waals surface area contributed by atoms with E-state index in [2.05, 4.69) is 21.0 Å². The van der Waals surface area contributed by atoms with Gasteiger partial charge in [-0.3, -0.25) is 0 Å². The molecular weight excluding hydrogens is 208 g/mol. The Morgan fingerprint density at radius 3 is 2.82 bits per heavy atom. The van der Waals surface area contributed by atoms with Crippen LogP contribution < -0.4 is 4.74 Å². The first kappa shape index (κ1) is 8.59. The molecule has 0 aliphatic carbocycles. The maximum atomic E-state index is 5.10. The lowest BCUT2D eigenvalue weighted by Gasteiger charge is -2.00. The van der Waals surface area contributed by atoms with Gasteiger partial charge in [0.05, 0.1) is 12.8 Å². The minimum atomic E-state index is 0.774.